The molecule has 0 bridgehead atoms. The van der Waals surface area contributed by atoms with Crippen LogP contribution in [0.2, 0.25) is 0 Å². The van der Waals surface area contributed by atoms with Crippen molar-refractivity contribution in [3.05, 3.63) is 65.5 Å². The molecule has 0 amide bonds. The lowest BCUT2D eigenvalue weighted by Gasteiger charge is -2.11. The average molecular weight is 235 g/mol. The zero-order chi connectivity index (χ0) is 12.3. The van der Waals surface area contributed by atoms with Crippen LogP contribution in [-0.2, 0) is 6.42 Å². The lowest BCUT2D eigenvalue weighted by Crippen LogP contribution is -2.03. The van der Waals surface area contributed by atoms with Gasteiger partial charge in [0.2, 0.25) is 0 Å². The molecule has 1 heterocycles. The second kappa shape index (κ2) is 5.01. The van der Waals surface area contributed by atoms with E-state index in [-0.39, 0.29) is 5.56 Å². The van der Waals surface area contributed by atoms with E-state index in [9.17, 15) is 13.9 Å². The van der Waals surface area contributed by atoms with Crippen LogP contribution in [0.5, 0.6) is 0 Å². The molecule has 1 aromatic heterocycles. The number of benzene rings is 1. The first-order valence-corrected chi connectivity index (χ1v) is 5.18. The molecule has 1 N–H and O–H groups in total. The molecule has 1 atom stereocenters. The topological polar surface area (TPSA) is 33.1 Å². The van der Waals surface area contributed by atoms with Crippen molar-refractivity contribution in [2.24, 2.45) is 0 Å². The zero-order valence-corrected chi connectivity index (χ0v) is 8.98. The minimum atomic E-state index is -0.928. The van der Waals surface area contributed by atoms with E-state index >= 15 is 0 Å². The molecule has 88 valence electrons. The fraction of sp³-hybridized carbons (Fsp3) is 0.154. The van der Waals surface area contributed by atoms with Gasteiger partial charge in [0.05, 0.1) is 6.10 Å². The number of hydrogen-bond acceptors (Lipinski definition) is 2. The van der Waals surface area contributed by atoms with Crippen LogP contribution in [0.3, 0.4) is 0 Å². The van der Waals surface area contributed by atoms with Crippen LogP contribution in [-0.4, -0.2) is 10.1 Å². The summed E-state index contributed by atoms with van der Waals surface area (Å²) in [5.41, 5.74) is 1.09. The molecule has 0 saturated carbocycles. The number of aliphatic hydroxyl groups excluding tert-OH is 1. The predicted octanol–water partition coefficient (Wildman–Crippen LogP) is 2.64. The number of aliphatic hydroxyl groups is 1. The highest BCUT2D eigenvalue weighted by Crippen LogP contribution is 2.20. The van der Waals surface area contributed by atoms with Crippen LogP contribution in [0.1, 0.15) is 17.2 Å². The molecule has 4 heteroatoms. The Morgan fingerprint density at radius 2 is 1.65 bits per heavy atom. The van der Waals surface area contributed by atoms with E-state index in [1.54, 1.807) is 24.5 Å². The van der Waals surface area contributed by atoms with Gasteiger partial charge in [-0.25, -0.2) is 8.78 Å². The summed E-state index contributed by atoms with van der Waals surface area (Å²) < 4.78 is 25.9. The Morgan fingerprint density at radius 1 is 1.06 bits per heavy atom. The van der Waals surface area contributed by atoms with Crippen molar-refractivity contribution >= 4 is 0 Å². The van der Waals surface area contributed by atoms with Crippen molar-refractivity contribution in [3.63, 3.8) is 0 Å². The van der Waals surface area contributed by atoms with E-state index in [1.807, 2.05) is 0 Å². The molecule has 2 aromatic rings. The lowest BCUT2D eigenvalue weighted by molar-refractivity contribution is 0.177. The monoisotopic (exact) mass is 235 g/mol. The van der Waals surface area contributed by atoms with Crippen molar-refractivity contribution in [2.75, 3.05) is 0 Å². The molecule has 0 aliphatic rings. The molecule has 0 spiro atoms. The maximum atomic E-state index is 13.0. The molecular weight excluding hydrogens is 224 g/mol. The van der Waals surface area contributed by atoms with E-state index in [1.165, 1.54) is 0 Å². The number of halogens is 2. The van der Waals surface area contributed by atoms with Crippen LogP contribution < -0.4 is 0 Å². The second-order valence-electron chi connectivity index (χ2n) is 3.78. The minimum absolute atomic E-state index is 0.235. The van der Waals surface area contributed by atoms with E-state index in [2.05, 4.69) is 4.98 Å². The summed E-state index contributed by atoms with van der Waals surface area (Å²) in [5.74, 6) is -1.37. The first-order chi connectivity index (χ1) is 8.15. The van der Waals surface area contributed by atoms with Gasteiger partial charge in [-0.1, -0.05) is 0 Å². The van der Waals surface area contributed by atoms with Crippen molar-refractivity contribution in [3.8, 4) is 0 Å². The fourth-order valence-corrected chi connectivity index (χ4v) is 1.63. The number of rotatable bonds is 3. The molecule has 0 aliphatic heterocycles. The van der Waals surface area contributed by atoms with E-state index < -0.39 is 17.7 Å². The van der Waals surface area contributed by atoms with E-state index in [0.717, 1.165) is 23.8 Å². The first-order valence-electron chi connectivity index (χ1n) is 5.18. The van der Waals surface area contributed by atoms with Crippen molar-refractivity contribution in [2.45, 2.75) is 12.5 Å². The maximum absolute atomic E-state index is 13.0. The molecule has 2 rings (SSSR count). The highest BCUT2D eigenvalue weighted by Gasteiger charge is 2.11. The molecule has 0 aliphatic carbocycles. The second-order valence-corrected chi connectivity index (χ2v) is 3.78. The molecule has 1 aromatic carbocycles. The highest BCUT2D eigenvalue weighted by atomic mass is 19.1. The summed E-state index contributed by atoms with van der Waals surface area (Å²) in [6.07, 6.45) is 2.58. The molecule has 2 nitrogen and oxygen atoms in total. The first kappa shape index (κ1) is 11.7. The smallest absolute Gasteiger partial charge is 0.126 e. The van der Waals surface area contributed by atoms with E-state index in [4.69, 9.17) is 0 Å². The van der Waals surface area contributed by atoms with Gasteiger partial charge >= 0.3 is 0 Å². The van der Waals surface area contributed by atoms with Gasteiger partial charge in [0.25, 0.3) is 0 Å². The van der Waals surface area contributed by atoms with Crippen molar-refractivity contribution < 1.29 is 13.9 Å². The Balaban J connectivity index is 2.17. The number of hydrogen-bond donors (Lipinski definition) is 1. The highest BCUT2D eigenvalue weighted by molar-refractivity contribution is 5.22. The maximum Gasteiger partial charge on any atom is 0.126 e. The van der Waals surface area contributed by atoms with Gasteiger partial charge in [-0.05, 0) is 35.4 Å². The van der Waals surface area contributed by atoms with Crippen molar-refractivity contribution in [1.29, 1.82) is 0 Å². The Bertz CT molecular complexity index is 482. The number of aromatic nitrogens is 1. The Labute approximate surface area is 97.6 Å². The SMILES string of the molecule is OC(Cc1ccncc1)c1cc(F)cc(F)c1. The van der Waals surface area contributed by atoms with Gasteiger partial charge in [0.15, 0.2) is 0 Å². The Hall–Kier alpha value is -1.81. The lowest BCUT2D eigenvalue weighted by atomic mass is 10.0. The molecule has 0 fully saturated rings. The van der Waals surface area contributed by atoms with Gasteiger partial charge in [0, 0.05) is 24.9 Å². The van der Waals surface area contributed by atoms with Gasteiger partial charge in [-0.2, -0.15) is 0 Å². The van der Waals surface area contributed by atoms with Gasteiger partial charge in [0.1, 0.15) is 11.6 Å². The largest absolute Gasteiger partial charge is 0.388 e. The Kier molecular flexibility index (Phi) is 3.44. The fourth-order valence-electron chi connectivity index (χ4n) is 1.63. The Morgan fingerprint density at radius 3 is 2.24 bits per heavy atom. The van der Waals surface area contributed by atoms with Gasteiger partial charge in [-0.15, -0.1) is 0 Å². The summed E-state index contributed by atoms with van der Waals surface area (Å²) in [4.78, 5) is 3.85. The molecule has 0 radical (unpaired) electrons. The van der Waals surface area contributed by atoms with Crippen LogP contribution in [0.15, 0.2) is 42.7 Å². The third-order valence-electron chi connectivity index (χ3n) is 2.45. The standard InChI is InChI=1S/C13H11F2NO/c14-11-6-10(7-12(15)8-11)13(17)5-9-1-3-16-4-2-9/h1-4,6-8,13,17H,5H2. The average Bonchev–Trinajstić information content (AvgIpc) is 2.29. The molecule has 0 saturated heterocycles. The third kappa shape index (κ3) is 3.07. The summed E-state index contributed by atoms with van der Waals surface area (Å²) in [7, 11) is 0. The quantitative estimate of drug-likeness (QED) is 0.887. The van der Waals surface area contributed by atoms with Crippen LogP contribution in [0.25, 0.3) is 0 Å². The minimum Gasteiger partial charge on any atom is -0.388 e. The van der Waals surface area contributed by atoms with Crippen LogP contribution in [0, 0.1) is 11.6 Å². The normalized spacial score (nSPS) is 12.4. The summed E-state index contributed by atoms with van der Waals surface area (Å²) in [5, 5.41) is 9.87. The summed E-state index contributed by atoms with van der Waals surface area (Å²) in [6, 6.07) is 6.55. The van der Waals surface area contributed by atoms with Gasteiger partial charge < -0.3 is 5.11 Å². The molecule has 17 heavy (non-hydrogen) atoms. The number of pyridine rings is 1. The molecule has 1 unspecified atom stereocenters. The zero-order valence-electron chi connectivity index (χ0n) is 8.98. The third-order valence-corrected chi connectivity index (χ3v) is 2.45. The van der Waals surface area contributed by atoms with Crippen molar-refractivity contribution in [1.82, 2.24) is 4.98 Å². The molecular formula is C13H11F2NO. The summed E-state index contributed by atoms with van der Waals surface area (Å²) >= 11 is 0. The number of nitrogens with zero attached hydrogens (tertiary/aromatic N) is 1. The summed E-state index contributed by atoms with van der Waals surface area (Å²) in [6.45, 7) is 0. The van der Waals surface area contributed by atoms with Gasteiger partial charge in [-0.3, -0.25) is 4.98 Å². The predicted molar refractivity (Wildman–Crippen MR) is 59.3 cm³/mol. The van der Waals surface area contributed by atoms with E-state index in [0.29, 0.717) is 6.42 Å². The van der Waals surface area contributed by atoms with Crippen LogP contribution in [0.4, 0.5) is 8.78 Å². The van der Waals surface area contributed by atoms with Crippen LogP contribution >= 0.6 is 0 Å².